The van der Waals surface area contributed by atoms with Gasteiger partial charge in [-0.3, -0.25) is 9.59 Å². The summed E-state index contributed by atoms with van der Waals surface area (Å²) in [5.74, 6) is 0.847. The van der Waals surface area contributed by atoms with Crippen molar-refractivity contribution in [2.75, 3.05) is 26.1 Å². The van der Waals surface area contributed by atoms with E-state index in [0.29, 0.717) is 28.5 Å². The van der Waals surface area contributed by atoms with Crippen molar-refractivity contribution in [2.24, 2.45) is 0 Å². The third-order valence-corrected chi connectivity index (χ3v) is 5.05. The number of carbonyl (C=O) groups excluding carboxylic acids is 2. The van der Waals surface area contributed by atoms with Crippen molar-refractivity contribution in [3.05, 3.63) is 60.2 Å². The zero-order valence-corrected chi connectivity index (χ0v) is 17.4. The Morgan fingerprint density at radius 1 is 0.935 bits per heavy atom. The van der Waals surface area contributed by atoms with E-state index in [-0.39, 0.29) is 24.5 Å². The van der Waals surface area contributed by atoms with Crippen molar-refractivity contribution >= 4 is 28.3 Å². The highest BCUT2D eigenvalue weighted by Crippen LogP contribution is 2.31. The second kappa shape index (κ2) is 8.95. The minimum Gasteiger partial charge on any atom is -0.497 e. The third-order valence-electron chi connectivity index (χ3n) is 5.05. The van der Waals surface area contributed by atoms with Crippen LogP contribution in [-0.4, -0.2) is 38.7 Å². The van der Waals surface area contributed by atoms with Gasteiger partial charge in [0.15, 0.2) is 6.61 Å². The second-order valence-electron chi connectivity index (χ2n) is 7.35. The summed E-state index contributed by atoms with van der Waals surface area (Å²) < 4.78 is 16.4. The Hall–Kier alpha value is -3.74. The lowest BCUT2D eigenvalue weighted by molar-refractivity contribution is -0.123. The molecule has 2 N–H and O–H groups in total. The van der Waals surface area contributed by atoms with Crippen molar-refractivity contribution in [1.82, 2.24) is 5.32 Å². The lowest BCUT2D eigenvalue weighted by Crippen LogP contribution is -2.30. The van der Waals surface area contributed by atoms with Gasteiger partial charge in [0.05, 0.1) is 25.5 Å². The van der Waals surface area contributed by atoms with E-state index >= 15 is 0 Å². The number of amides is 2. The smallest absolute Gasteiger partial charge is 0.259 e. The van der Waals surface area contributed by atoms with Crippen molar-refractivity contribution in [3.8, 4) is 17.2 Å². The van der Waals surface area contributed by atoms with Gasteiger partial charge < -0.3 is 24.8 Å². The molecular formula is C24H24N2O5. The van der Waals surface area contributed by atoms with Crippen LogP contribution in [0.1, 0.15) is 23.2 Å². The van der Waals surface area contributed by atoms with Crippen LogP contribution in [0.4, 0.5) is 5.69 Å². The van der Waals surface area contributed by atoms with Gasteiger partial charge in [0, 0.05) is 12.1 Å². The zero-order valence-electron chi connectivity index (χ0n) is 17.4. The summed E-state index contributed by atoms with van der Waals surface area (Å²) in [5, 5.41) is 7.55. The lowest BCUT2D eigenvalue weighted by Gasteiger charge is -2.15. The number of hydrogen-bond acceptors (Lipinski definition) is 5. The number of hydrogen-bond donors (Lipinski definition) is 2. The number of carbonyl (C=O) groups is 2. The van der Waals surface area contributed by atoms with Crippen LogP contribution in [0.25, 0.3) is 10.8 Å². The van der Waals surface area contributed by atoms with Crippen LogP contribution < -0.4 is 24.8 Å². The molecule has 0 bridgehead atoms. The molecule has 4 rings (SSSR count). The number of benzene rings is 3. The standard InChI is InChI=1S/C24H24N2O5/c1-29-18-9-10-21(30-2)20(13-18)26-24(28)19-11-15-5-3-4-6-16(15)12-22(19)31-14-23(27)25-17-7-8-17/h3-6,9-13,17H,7-8,14H2,1-2H3,(H,25,27)(H,26,28). The molecule has 0 saturated heterocycles. The molecular weight excluding hydrogens is 396 g/mol. The Bertz CT molecular complexity index is 1120. The van der Waals surface area contributed by atoms with Crippen LogP contribution in [0.5, 0.6) is 17.2 Å². The van der Waals surface area contributed by atoms with Gasteiger partial charge >= 0.3 is 0 Å². The average molecular weight is 420 g/mol. The van der Waals surface area contributed by atoms with E-state index in [1.807, 2.05) is 24.3 Å². The van der Waals surface area contributed by atoms with Crippen molar-refractivity contribution in [1.29, 1.82) is 0 Å². The van der Waals surface area contributed by atoms with Crippen LogP contribution in [0.15, 0.2) is 54.6 Å². The maximum Gasteiger partial charge on any atom is 0.259 e. The van der Waals surface area contributed by atoms with Gasteiger partial charge in [0.2, 0.25) is 0 Å². The first-order chi connectivity index (χ1) is 15.1. The zero-order chi connectivity index (χ0) is 21.8. The van der Waals surface area contributed by atoms with Gasteiger partial charge in [-0.05, 0) is 47.9 Å². The molecule has 0 unspecified atom stereocenters. The molecule has 1 saturated carbocycles. The van der Waals surface area contributed by atoms with Crippen LogP contribution in [0.2, 0.25) is 0 Å². The van der Waals surface area contributed by atoms with Crippen molar-refractivity contribution in [3.63, 3.8) is 0 Å². The molecule has 1 aliphatic rings. The normalized spacial score (nSPS) is 12.8. The maximum atomic E-state index is 13.2. The number of anilines is 1. The van der Waals surface area contributed by atoms with Crippen LogP contribution in [0, 0.1) is 0 Å². The van der Waals surface area contributed by atoms with E-state index in [1.54, 1.807) is 37.4 Å². The number of ether oxygens (including phenoxy) is 3. The molecule has 3 aromatic rings. The predicted molar refractivity (Wildman–Crippen MR) is 118 cm³/mol. The Labute approximate surface area is 180 Å². The molecule has 7 nitrogen and oxygen atoms in total. The highest BCUT2D eigenvalue weighted by molar-refractivity contribution is 6.09. The van der Waals surface area contributed by atoms with Crippen LogP contribution >= 0.6 is 0 Å². The molecule has 0 spiro atoms. The fourth-order valence-corrected chi connectivity index (χ4v) is 3.26. The first kappa shape index (κ1) is 20.5. The van der Waals surface area contributed by atoms with E-state index < -0.39 is 0 Å². The average Bonchev–Trinajstić information content (AvgIpc) is 3.60. The van der Waals surface area contributed by atoms with Gasteiger partial charge in [-0.15, -0.1) is 0 Å². The molecule has 2 amide bonds. The molecule has 1 aliphatic carbocycles. The summed E-state index contributed by atoms with van der Waals surface area (Å²) in [5.41, 5.74) is 0.792. The van der Waals surface area contributed by atoms with Gasteiger partial charge in [-0.1, -0.05) is 24.3 Å². The highest BCUT2D eigenvalue weighted by Gasteiger charge is 2.24. The highest BCUT2D eigenvalue weighted by atomic mass is 16.5. The van der Waals surface area contributed by atoms with Crippen molar-refractivity contribution < 1.29 is 23.8 Å². The Morgan fingerprint density at radius 2 is 1.68 bits per heavy atom. The summed E-state index contributed by atoms with van der Waals surface area (Å²) >= 11 is 0. The van der Waals surface area contributed by atoms with Gasteiger partial charge in [0.25, 0.3) is 11.8 Å². The van der Waals surface area contributed by atoms with Gasteiger partial charge in [0.1, 0.15) is 17.2 Å². The lowest BCUT2D eigenvalue weighted by atomic mass is 10.0. The number of rotatable bonds is 8. The second-order valence-corrected chi connectivity index (χ2v) is 7.35. The van der Waals surface area contributed by atoms with Gasteiger partial charge in [-0.25, -0.2) is 0 Å². The summed E-state index contributed by atoms with van der Waals surface area (Å²) in [7, 11) is 3.08. The van der Waals surface area contributed by atoms with E-state index in [2.05, 4.69) is 10.6 Å². The number of methoxy groups -OCH3 is 2. The van der Waals surface area contributed by atoms with Gasteiger partial charge in [-0.2, -0.15) is 0 Å². The molecule has 0 atom stereocenters. The molecule has 160 valence electrons. The molecule has 0 radical (unpaired) electrons. The summed E-state index contributed by atoms with van der Waals surface area (Å²) in [6.45, 7) is -0.155. The first-order valence-electron chi connectivity index (χ1n) is 10.1. The predicted octanol–water partition coefficient (Wildman–Crippen LogP) is 3.77. The summed E-state index contributed by atoms with van der Waals surface area (Å²) in [4.78, 5) is 25.3. The van der Waals surface area contributed by atoms with E-state index in [4.69, 9.17) is 14.2 Å². The summed E-state index contributed by atoms with van der Waals surface area (Å²) in [6, 6.07) is 16.6. The Morgan fingerprint density at radius 3 is 2.35 bits per heavy atom. The SMILES string of the molecule is COc1ccc(OC)c(NC(=O)c2cc3ccccc3cc2OCC(=O)NC2CC2)c1. The molecule has 3 aromatic carbocycles. The molecule has 0 heterocycles. The minimum atomic E-state index is -0.380. The van der Waals surface area contributed by atoms with Crippen LogP contribution in [-0.2, 0) is 4.79 Å². The Balaban J connectivity index is 1.62. The quantitative estimate of drug-likeness (QED) is 0.579. The summed E-state index contributed by atoms with van der Waals surface area (Å²) in [6.07, 6.45) is 2.00. The van der Waals surface area contributed by atoms with E-state index in [1.165, 1.54) is 7.11 Å². The van der Waals surface area contributed by atoms with Crippen LogP contribution in [0.3, 0.4) is 0 Å². The molecule has 0 aromatic heterocycles. The monoisotopic (exact) mass is 420 g/mol. The first-order valence-corrected chi connectivity index (χ1v) is 10.1. The largest absolute Gasteiger partial charge is 0.497 e. The molecule has 0 aliphatic heterocycles. The topological polar surface area (TPSA) is 85.9 Å². The molecule has 1 fully saturated rings. The minimum absolute atomic E-state index is 0.155. The van der Waals surface area contributed by atoms with E-state index in [0.717, 1.165) is 23.6 Å². The van der Waals surface area contributed by atoms with E-state index in [9.17, 15) is 9.59 Å². The fraction of sp³-hybridized carbons (Fsp3) is 0.250. The Kier molecular flexibility index (Phi) is 5.93. The van der Waals surface area contributed by atoms with Crippen molar-refractivity contribution in [2.45, 2.75) is 18.9 Å². The third kappa shape index (κ3) is 4.88. The molecule has 7 heteroatoms. The number of fused-ring (bicyclic) bond motifs is 1. The number of nitrogens with one attached hydrogen (secondary N) is 2. The maximum absolute atomic E-state index is 13.2. The molecule has 31 heavy (non-hydrogen) atoms. The fourth-order valence-electron chi connectivity index (χ4n) is 3.26.